The van der Waals surface area contributed by atoms with Gasteiger partial charge < -0.3 is 9.52 Å². The molecule has 0 unspecified atom stereocenters. The van der Waals surface area contributed by atoms with Crippen LogP contribution >= 0.6 is 15.9 Å². The normalized spacial score (nSPS) is 13.5. The number of furan rings is 1. The van der Waals surface area contributed by atoms with E-state index in [0.717, 1.165) is 10.2 Å². The molecule has 0 aromatic carbocycles. The maximum atomic E-state index is 9.40. The zero-order chi connectivity index (χ0) is 8.43. The summed E-state index contributed by atoms with van der Waals surface area (Å²) in [6, 6.07) is 1.86. The van der Waals surface area contributed by atoms with Crippen LogP contribution < -0.4 is 0 Å². The van der Waals surface area contributed by atoms with Crippen molar-refractivity contribution in [1.82, 2.24) is 0 Å². The van der Waals surface area contributed by atoms with Crippen molar-refractivity contribution in [3.05, 3.63) is 22.1 Å². The van der Waals surface area contributed by atoms with E-state index in [1.165, 1.54) is 0 Å². The minimum absolute atomic E-state index is 0.488. The molecule has 3 heteroatoms. The smallest absolute Gasteiger partial charge is 0.146 e. The van der Waals surface area contributed by atoms with Crippen LogP contribution in [0.2, 0.25) is 0 Å². The van der Waals surface area contributed by atoms with E-state index < -0.39 is 6.10 Å². The second kappa shape index (κ2) is 3.41. The third-order valence-electron chi connectivity index (χ3n) is 1.53. The van der Waals surface area contributed by atoms with E-state index in [9.17, 15) is 5.11 Å². The Morgan fingerprint density at radius 1 is 1.73 bits per heavy atom. The molecule has 2 nitrogen and oxygen atoms in total. The van der Waals surface area contributed by atoms with Crippen LogP contribution in [0.1, 0.15) is 31.0 Å². The summed E-state index contributed by atoms with van der Waals surface area (Å²) in [4.78, 5) is 0. The summed E-state index contributed by atoms with van der Waals surface area (Å²) in [5.74, 6) is 1.45. The summed E-state index contributed by atoms with van der Waals surface area (Å²) < 4.78 is 6.12. The van der Waals surface area contributed by atoms with Crippen LogP contribution in [0.15, 0.2) is 15.0 Å². The molecule has 0 aliphatic heterocycles. The fourth-order valence-electron chi connectivity index (χ4n) is 0.914. The lowest BCUT2D eigenvalue weighted by atomic mass is 10.2. The zero-order valence-electron chi connectivity index (χ0n) is 6.60. The first kappa shape index (κ1) is 8.81. The lowest BCUT2D eigenvalue weighted by molar-refractivity contribution is 0.143. The average molecular weight is 219 g/mol. The van der Waals surface area contributed by atoms with Crippen LogP contribution in [-0.2, 0) is 0 Å². The lowest BCUT2D eigenvalue weighted by Gasteiger charge is -2.03. The molecule has 1 aromatic heterocycles. The summed E-state index contributed by atoms with van der Waals surface area (Å²) in [7, 11) is 0. The molecule has 0 saturated carbocycles. The van der Waals surface area contributed by atoms with Gasteiger partial charge in [-0.2, -0.15) is 0 Å². The summed E-state index contributed by atoms with van der Waals surface area (Å²) in [5, 5.41) is 9.40. The van der Waals surface area contributed by atoms with Crippen LogP contribution in [0.4, 0.5) is 0 Å². The van der Waals surface area contributed by atoms with Crippen LogP contribution in [0, 0.1) is 6.92 Å². The Balaban J connectivity index is 2.93. The monoisotopic (exact) mass is 218 g/mol. The highest BCUT2D eigenvalue weighted by Crippen LogP contribution is 2.28. The Labute approximate surface area is 74.3 Å². The van der Waals surface area contributed by atoms with E-state index in [1.54, 1.807) is 0 Å². The molecule has 1 rings (SSSR count). The van der Waals surface area contributed by atoms with Gasteiger partial charge in [0.1, 0.15) is 17.6 Å². The molecular weight excluding hydrogens is 208 g/mol. The van der Waals surface area contributed by atoms with Crippen molar-refractivity contribution >= 4 is 15.9 Å². The quantitative estimate of drug-likeness (QED) is 0.829. The van der Waals surface area contributed by atoms with Crippen LogP contribution in [0.3, 0.4) is 0 Å². The Bertz CT molecular complexity index is 242. The zero-order valence-corrected chi connectivity index (χ0v) is 8.18. The number of aliphatic hydroxyl groups is 1. The Kier molecular flexibility index (Phi) is 2.73. The highest BCUT2D eigenvalue weighted by molar-refractivity contribution is 9.10. The molecule has 62 valence electrons. The largest absolute Gasteiger partial charge is 0.462 e. The Morgan fingerprint density at radius 3 is 2.73 bits per heavy atom. The van der Waals surface area contributed by atoms with Crippen molar-refractivity contribution in [2.45, 2.75) is 26.4 Å². The number of aliphatic hydroxyl groups excluding tert-OH is 1. The van der Waals surface area contributed by atoms with Crippen molar-refractivity contribution in [3.8, 4) is 0 Å². The number of rotatable bonds is 2. The fraction of sp³-hybridized carbons (Fsp3) is 0.500. The molecular formula is C8H11BrO2. The minimum Gasteiger partial charge on any atom is -0.462 e. The molecule has 0 bridgehead atoms. The van der Waals surface area contributed by atoms with Gasteiger partial charge in [0.25, 0.3) is 0 Å². The molecule has 11 heavy (non-hydrogen) atoms. The van der Waals surface area contributed by atoms with Gasteiger partial charge >= 0.3 is 0 Å². The van der Waals surface area contributed by atoms with Gasteiger partial charge in [0.15, 0.2) is 0 Å². The van der Waals surface area contributed by atoms with Gasteiger partial charge in [0.2, 0.25) is 0 Å². The fourth-order valence-corrected chi connectivity index (χ4v) is 1.58. The summed E-state index contributed by atoms with van der Waals surface area (Å²) in [5.41, 5.74) is 0. The Morgan fingerprint density at radius 2 is 2.36 bits per heavy atom. The van der Waals surface area contributed by atoms with E-state index in [-0.39, 0.29) is 0 Å². The highest BCUT2D eigenvalue weighted by Gasteiger charge is 2.13. The molecule has 1 aromatic rings. The Hall–Kier alpha value is -0.280. The molecule has 1 N–H and O–H groups in total. The minimum atomic E-state index is -0.488. The topological polar surface area (TPSA) is 33.4 Å². The molecule has 0 aliphatic carbocycles. The van der Waals surface area contributed by atoms with E-state index in [4.69, 9.17) is 4.42 Å². The summed E-state index contributed by atoms with van der Waals surface area (Å²) in [6.45, 7) is 3.77. The molecule has 0 aliphatic rings. The SMILES string of the molecule is CC[C@@H](O)c1oc(C)cc1Br. The van der Waals surface area contributed by atoms with Crippen molar-refractivity contribution in [2.75, 3.05) is 0 Å². The number of hydrogen-bond donors (Lipinski definition) is 1. The van der Waals surface area contributed by atoms with E-state index in [1.807, 2.05) is 19.9 Å². The number of halogens is 1. The van der Waals surface area contributed by atoms with Gasteiger partial charge in [0, 0.05) is 0 Å². The first-order chi connectivity index (χ1) is 5.15. The van der Waals surface area contributed by atoms with Gasteiger partial charge in [-0.25, -0.2) is 0 Å². The van der Waals surface area contributed by atoms with Crippen molar-refractivity contribution in [3.63, 3.8) is 0 Å². The number of aryl methyl sites for hydroxylation is 1. The van der Waals surface area contributed by atoms with Crippen LogP contribution in [0.5, 0.6) is 0 Å². The van der Waals surface area contributed by atoms with Gasteiger partial charge in [-0.05, 0) is 35.3 Å². The predicted octanol–water partition coefficient (Wildman–Crippen LogP) is 2.79. The van der Waals surface area contributed by atoms with E-state index >= 15 is 0 Å². The average Bonchev–Trinajstić information content (AvgIpc) is 2.28. The van der Waals surface area contributed by atoms with Gasteiger partial charge in [-0.15, -0.1) is 0 Å². The maximum absolute atomic E-state index is 9.40. The molecule has 0 saturated heterocycles. The lowest BCUT2D eigenvalue weighted by Crippen LogP contribution is -1.92. The molecule has 1 heterocycles. The van der Waals surface area contributed by atoms with Gasteiger partial charge in [-0.1, -0.05) is 6.92 Å². The highest BCUT2D eigenvalue weighted by atomic mass is 79.9. The second-order valence-electron chi connectivity index (χ2n) is 2.49. The molecule has 0 radical (unpaired) electrons. The molecule has 1 atom stereocenters. The molecule has 0 spiro atoms. The van der Waals surface area contributed by atoms with Crippen molar-refractivity contribution < 1.29 is 9.52 Å². The van der Waals surface area contributed by atoms with Crippen LogP contribution in [0.25, 0.3) is 0 Å². The first-order valence-corrected chi connectivity index (χ1v) is 4.38. The summed E-state index contributed by atoms with van der Waals surface area (Å²) in [6.07, 6.45) is 0.184. The molecule has 0 amide bonds. The van der Waals surface area contributed by atoms with Gasteiger partial charge in [-0.3, -0.25) is 0 Å². The third kappa shape index (κ3) is 1.84. The third-order valence-corrected chi connectivity index (χ3v) is 2.15. The predicted molar refractivity (Wildman–Crippen MR) is 46.4 cm³/mol. The van der Waals surface area contributed by atoms with E-state index in [0.29, 0.717) is 12.2 Å². The second-order valence-corrected chi connectivity index (χ2v) is 3.35. The standard InChI is InChI=1S/C8H11BrO2/c1-3-7(10)8-6(9)4-5(2)11-8/h4,7,10H,3H2,1-2H3/t7-/m1/s1. The maximum Gasteiger partial charge on any atom is 0.146 e. The molecule has 0 fully saturated rings. The van der Waals surface area contributed by atoms with Crippen LogP contribution in [-0.4, -0.2) is 5.11 Å². The number of hydrogen-bond acceptors (Lipinski definition) is 2. The van der Waals surface area contributed by atoms with Crippen molar-refractivity contribution in [1.29, 1.82) is 0 Å². The van der Waals surface area contributed by atoms with E-state index in [2.05, 4.69) is 15.9 Å². The summed E-state index contributed by atoms with van der Waals surface area (Å²) >= 11 is 3.30. The van der Waals surface area contributed by atoms with Gasteiger partial charge in [0.05, 0.1) is 4.47 Å². The van der Waals surface area contributed by atoms with Crippen molar-refractivity contribution in [2.24, 2.45) is 0 Å². The first-order valence-electron chi connectivity index (χ1n) is 3.59.